The molecule has 132 valence electrons. The molecule has 3 rings (SSSR count). The number of methoxy groups -OCH3 is 1. The number of urea groups is 1. The van der Waals surface area contributed by atoms with Gasteiger partial charge in [-0.15, -0.1) is 0 Å². The molecule has 1 atom stereocenters. The summed E-state index contributed by atoms with van der Waals surface area (Å²) in [5.74, 6) is 0. The van der Waals surface area contributed by atoms with Gasteiger partial charge in [0.2, 0.25) is 0 Å². The predicted molar refractivity (Wildman–Crippen MR) is 96.1 cm³/mol. The van der Waals surface area contributed by atoms with E-state index >= 15 is 0 Å². The molecule has 2 aromatic rings. The molecule has 2 aromatic carbocycles. The number of benzene rings is 2. The lowest BCUT2D eigenvalue weighted by Gasteiger charge is -2.36. The van der Waals surface area contributed by atoms with Gasteiger partial charge in [-0.2, -0.15) is 0 Å². The van der Waals surface area contributed by atoms with Crippen molar-refractivity contribution < 1.29 is 14.6 Å². The molecule has 1 aliphatic heterocycles. The van der Waals surface area contributed by atoms with Crippen LogP contribution in [0.25, 0.3) is 0 Å². The van der Waals surface area contributed by atoms with E-state index in [1.807, 2.05) is 42.5 Å². The van der Waals surface area contributed by atoms with Crippen LogP contribution in [0.15, 0.2) is 48.5 Å². The SMILES string of the molecule is COCc1ccccc1CNC(=O)N1CCc2ccccc2C1CO. The molecule has 0 aliphatic carbocycles. The number of carbonyl (C=O) groups is 1. The number of rotatable bonds is 5. The first-order chi connectivity index (χ1) is 12.2. The summed E-state index contributed by atoms with van der Waals surface area (Å²) in [6.07, 6.45) is 0.806. The van der Waals surface area contributed by atoms with Gasteiger partial charge in [-0.1, -0.05) is 48.5 Å². The van der Waals surface area contributed by atoms with Crippen LogP contribution >= 0.6 is 0 Å². The summed E-state index contributed by atoms with van der Waals surface area (Å²) in [5, 5.41) is 12.8. The average molecular weight is 340 g/mol. The maximum Gasteiger partial charge on any atom is 0.318 e. The molecule has 2 amide bonds. The average Bonchev–Trinajstić information content (AvgIpc) is 2.66. The highest BCUT2D eigenvalue weighted by molar-refractivity contribution is 5.75. The largest absolute Gasteiger partial charge is 0.394 e. The van der Waals surface area contributed by atoms with Crippen molar-refractivity contribution in [2.75, 3.05) is 20.3 Å². The zero-order chi connectivity index (χ0) is 17.6. The van der Waals surface area contributed by atoms with E-state index in [0.29, 0.717) is 19.7 Å². The lowest BCUT2D eigenvalue weighted by Crippen LogP contribution is -2.46. The number of amides is 2. The van der Waals surface area contributed by atoms with Gasteiger partial charge in [0.15, 0.2) is 0 Å². The molecule has 0 spiro atoms. The van der Waals surface area contributed by atoms with Crippen LogP contribution in [0.5, 0.6) is 0 Å². The summed E-state index contributed by atoms with van der Waals surface area (Å²) in [7, 11) is 1.66. The van der Waals surface area contributed by atoms with Crippen molar-refractivity contribution >= 4 is 6.03 Å². The number of hydrogen-bond donors (Lipinski definition) is 2. The Morgan fingerprint density at radius 3 is 2.68 bits per heavy atom. The quantitative estimate of drug-likeness (QED) is 0.880. The maximum absolute atomic E-state index is 12.7. The maximum atomic E-state index is 12.7. The standard InChI is InChI=1S/C20H24N2O3/c1-25-14-17-8-3-2-7-16(17)12-21-20(24)22-11-10-15-6-4-5-9-18(15)19(22)13-23/h2-9,19,23H,10-14H2,1H3,(H,21,24). The van der Waals surface area contributed by atoms with Crippen LogP contribution < -0.4 is 5.32 Å². The van der Waals surface area contributed by atoms with Crippen molar-refractivity contribution in [2.24, 2.45) is 0 Å². The van der Waals surface area contributed by atoms with Gasteiger partial charge in [0.1, 0.15) is 0 Å². The lowest BCUT2D eigenvalue weighted by atomic mass is 9.93. The summed E-state index contributed by atoms with van der Waals surface area (Å²) in [6.45, 7) is 1.48. The third kappa shape index (κ3) is 3.83. The second-order valence-electron chi connectivity index (χ2n) is 6.20. The van der Waals surface area contributed by atoms with Crippen LogP contribution in [0.2, 0.25) is 0 Å². The number of nitrogens with one attached hydrogen (secondary N) is 1. The number of carbonyl (C=O) groups excluding carboxylic acids is 1. The Morgan fingerprint density at radius 1 is 1.20 bits per heavy atom. The summed E-state index contributed by atoms with van der Waals surface area (Å²) >= 11 is 0. The molecule has 0 aromatic heterocycles. The van der Waals surface area contributed by atoms with Gasteiger partial charge in [0.05, 0.1) is 19.3 Å². The fraction of sp³-hybridized carbons (Fsp3) is 0.350. The summed E-state index contributed by atoms with van der Waals surface area (Å²) < 4.78 is 5.21. The number of nitrogens with zero attached hydrogens (tertiary/aromatic N) is 1. The first-order valence-corrected chi connectivity index (χ1v) is 8.53. The fourth-order valence-corrected chi connectivity index (χ4v) is 3.39. The smallest absolute Gasteiger partial charge is 0.318 e. The number of ether oxygens (including phenoxy) is 1. The van der Waals surface area contributed by atoms with E-state index in [0.717, 1.165) is 23.1 Å². The Labute approximate surface area is 148 Å². The van der Waals surface area contributed by atoms with Crippen molar-refractivity contribution in [1.82, 2.24) is 10.2 Å². The van der Waals surface area contributed by atoms with E-state index in [1.54, 1.807) is 12.0 Å². The summed E-state index contributed by atoms with van der Waals surface area (Å²) in [5.41, 5.74) is 4.34. The van der Waals surface area contributed by atoms with E-state index in [1.165, 1.54) is 5.56 Å². The molecule has 1 unspecified atom stereocenters. The molecule has 1 heterocycles. The van der Waals surface area contributed by atoms with Gasteiger partial charge < -0.3 is 20.1 Å². The van der Waals surface area contributed by atoms with Crippen LogP contribution in [-0.4, -0.2) is 36.3 Å². The molecular weight excluding hydrogens is 316 g/mol. The van der Waals surface area contributed by atoms with Crippen LogP contribution in [0.4, 0.5) is 4.79 Å². The van der Waals surface area contributed by atoms with Gasteiger partial charge in [-0.05, 0) is 28.7 Å². The van der Waals surface area contributed by atoms with E-state index < -0.39 is 0 Å². The van der Waals surface area contributed by atoms with Gasteiger partial charge >= 0.3 is 6.03 Å². The van der Waals surface area contributed by atoms with E-state index in [4.69, 9.17) is 4.74 Å². The monoisotopic (exact) mass is 340 g/mol. The third-order valence-corrected chi connectivity index (χ3v) is 4.69. The van der Waals surface area contributed by atoms with Crippen LogP contribution in [0, 0.1) is 0 Å². The molecule has 1 aliphatic rings. The second kappa shape index (κ2) is 8.14. The van der Waals surface area contributed by atoms with Crippen molar-refractivity contribution in [3.05, 3.63) is 70.8 Å². The van der Waals surface area contributed by atoms with E-state index in [-0.39, 0.29) is 18.7 Å². The highest BCUT2D eigenvalue weighted by atomic mass is 16.5. The lowest BCUT2D eigenvalue weighted by molar-refractivity contribution is 0.126. The molecule has 0 fully saturated rings. The zero-order valence-corrected chi connectivity index (χ0v) is 14.4. The number of aliphatic hydroxyl groups is 1. The molecule has 2 N–H and O–H groups in total. The fourth-order valence-electron chi connectivity index (χ4n) is 3.39. The zero-order valence-electron chi connectivity index (χ0n) is 14.4. The van der Waals surface area contributed by atoms with Crippen LogP contribution in [0.3, 0.4) is 0 Å². The van der Waals surface area contributed by atoms with Crippen LogP contribution in [-0.2, 0) is 24.3 Å². The molecule has 5 heteroatoms. The van der Waals surface area contributed by atoms with Gasteiger partial charge in [0, 0.05) is 20.2 Å². The van der Waals surface area contributed by atoms with Crippen molar-refractivity contribution in [3.63, 3.8) is 0 Å². The normalized spacial score (nSPS) is 16.4. The van der Waals surface area contributed by atoms with Crippen molar-refractivity contribution in [1.29, 1.82) is 0 Å². The Hall–Kier alpha value is -2.37. The minimum atomic E-state index is -0.292. The first kappa shape index (κ1) is 17.5. The molecule has 0 saturated heterocycles. The molecule has 0 bridgehead atoms. The number of hydrogen-bond acceptors (Lipinski definition) is 3. The molecule has 25 heavy (non-hydrogen) atoms. The van der Waals surface area contributed by atoms with Gasteiger partial charge in [0.25, 0.3) is 0 Å². The Balaban J connectivity index is 1.70. The molecular formula is C20H24N2O3. The highest BCUT2D eigenvalue weighted by Crippen LogP contribution is 2.29. The number of fused-ring (bicyclic) bond motifs is 1. The number of aliphatic hydroxyl groups excluding tert-OH is 1. The Morgan fingerprint density at radius 2 is 1.92 bits per heavy atom. The van der Waals surface area contributed by atoms with Crippen LogP contribution in [0.1, 0.15) is 28.3 Å². The third-order valence-electron chi connectivity index (χ3n) is 4.69. The second-order valence-corrected chi connectivity index (χ2v) is 6.20. The van der Waals surface area contributed by atoms with Gasteiger partial charge in [-0.3, -0.25) is 0 Å². The molecule has 0 radical (unpaired) electrons. The summed E-state index contributed by atoms with van der Waals surface area (Å²) in [6, 6.07) is 15.5. The van der Waals surface area contributed by atoms with E-state index in [9.17, 15) is 9.90 Å². The Bertz CT molecular complexity index is 732. The van der Waals surface area contributed by atoms with Crippen molar-refractivity contribution in [3.8, 4) is 0 Å². The summed E-state index contributed by atoms with van der Waals surface area (Å²) in [4.78, 5) is 14.4. The minimum absolute atomic E-state index is 0.0787. The van der Waals surface area contributed by atoms with Gasteiger partial charge in [-0.25, -0.2) is 4.79 Å². The van der Waals surface area contributed by atoms with E-state index in [2.05, 4.69) is 11.4 Å². The topological polar surface area (TPSA) is 61.8 Å². The molecule has 5 nitrogen and oxygen atoms in total. The molecule has 0 saturated carbocycles. The highest BCUT2D eigenvalue weighted by Gasteiger charge is 2.29. The first-order valence-electron chi connectivity index (χ1n) is 8.53. The Kier molecular flexibility index (Phi) is 5.68. The predicted octanol–water partition coefficient (Wildman–Crippen LogP) is 2.63. The minimum Gasteiger partial charge on any atom is -0.394 e. The van der Waals surface area contributed by atoms with Crippen molar-refractivity contribution in [2.45, 2.75) is 25.6 Å².